The van der Waals surface area contributed by atoms with Gasteiger partial charge in [0.25, 0.3) is 5.76 Å². The molecule has 0 bridgehead atoms. The maximum absolute atomic E-state index is 13.7. The van der Waals surface area contributed by atoms with E-state index < -0.39 is 34.7 Å². The normalized spacial score (nSPS) is 11.6. The number of hydrogen-bond donors (Lipinski definition) is 0. The predicted molar refractivity (Wildman–Crippen MR) is 127 cm³/mol. The number of esters is 1. The molecular weight excluding hydrogens is 501 g/mol. The lowest BCUT2D eigenvalue weighted by atomic mass is 10.2. The summed E-state index contributed by atoms with van der Waals surface area (Å²) in [6, 6.07) is 16.0. The first-order chi connectivity index (χ1) is 17.2. The highest BCUT2D eigenvalue weighted by Gasteiger charge is 2.40. The summed E-state index contributed by atoms with van der Waals surface area (Å²) in [6.07, 6.45) is -2.43. The molecule has 0 fully saturated rings. The molecule has 0 aliphatic carbocycles. The average Bonchev–Trinajstić information content (AvgIpc) is 2.85. The third kappa shape index (κ3) is 5.52. The lowest BCUT2D eigenvalue weighted by molar-refractivity contribution is -0.154. The Morgan fingerprint density at radius 3 is 2.36 bits per heavy atom. The van der Waals surface area contributed by atoms with E-state index in [1.807, 2.05) is 0 Å². The van der Waals surface area contributed by atoms with Crippen molar-refractivity contribution in [3.05, 3.63) is 99.4 Å². The van der Waals surface area contributed by atoms with Crippen LogP contribution in [-0.2, 0) is 11.0 Å². The second kappa shape index (κ2) is 10.2. The maximum Gasteiger partial charge on any atom is 0.453 e. The molecule has 1 aromatic heterocycles. The highest BCUT2D eigenvalue weighted by Crippen LogP contribution is 2.39. The summed E-state index contributed by atoms with van der Waals surface area (Å²) < 4.78 is 61.6. The second-order valence-corrected chi connectivity index (χ2v) is 7.71. The van der Waals surface area contributed by atoms with Crippen LogP contribution in [0, 0.1) is 0 Å². The lowest BCUT2D eigenvalue weighted by Crippen LogP contribution is -2.15. The Balaban J connectivity index is 1.64. The predicted octanol–water partition coefficient (Wildman–Crippen LogP) is 6.88. The van der Waals surface area contributed by atoms with Crippen molar-refractivity contribution in [2.24, 2.45) is 0 Å². The van der Waals surface area contributed by atoms with Gasteiger partial charge in [0, 0.05) is 12.1 Å². The van der Waals surface area contributed by atoms with Crippen LogP contribution in [0.2, 0.25) is 5.02 Å². The molecule has 0 spiro atoms. The number of methoxy groups -OCH3 is 1. The first-order valence-electron chi connectivity index (χ1n) is 10.3. The molecule has 0 unspecified atom stereocenters. The van der Waals surface area contributed by atoms with E-state index in [0.717, 1.165) is 12.1 Å². The fourth-order valence-electron chi connectivity index (χ4n) is 3.17. The monoisotopic (exact) mass is 516 g/mol. The van der Waals surface area contributed by atoms with Crippen LogP contribution in [-0.4, -0.2) is 13.1 Å². The van der Waals surface area contributed by atoms with Gasteiger partial charge >= 0.3 is 12.1 Å². The molecule has 36 heavy (non-hydrogen) atoms. The Morgan fingerprint density at radius 1 is 1.00 bits per heavy atom. The zero-order valence-corrected chi connectivity index (χ0v) is 19.2. The van der Waals surface area contributed by atoms with Crippen LogP contribution in [0.1, 0.15) is 11.3 Å². The zero-order chi connectivity index (χ0) is 25.9. The van der Waals surface area contributed by atoms with Gasteiger partial charge in [-0.2, -0.15) is 13.2 Å². The number of ether oxygens (including phenoxy) is 3. The first-order valence-corrected chi connectivity index (χ1v) is 10.7. The van der Waals surface area contributed by atoms with Gasteiger partial charge in [-0.3, -0.25) is 4.79 Å². The molecule has 0 aliphatic heterocycles. The van der Waals surface area contributed by atoms with Crippen molar-refractivity contribution in [2.75, 3.05) is 7.11 Å². The number of carbonyl (C=O) groups excluding carboxylic acids is 1. The number of para-hydroxylation sites is 1. The molecule has 4 rings (SSSR count). The molecule has 1 heterocycles. The summed E-state index contributed by atoms with van der Waals surface area (Å²) in [5.74, 6) is -3.13. The summed E-state index contributed by atoms with van der Waals surface area (Å²) in [7, 11) is 1.53. The summed E-state index contributed by atoms with van der Waals surface area (Å²) in [4.78, 5) is 25.1. The van der Waals surface area contributed by atoms with Crippen molar-refractivity contribution in [1.82, 2.24) is 0 Å². The van der Waals surface area contributed by atoms with Crippen molar-refractivity contribution in [1.29, 1.82) is 0 Å². The number of rotatable bonds is 6. The average molecular weight is 517 g/mol. The van der Waals surface area contributed by atoms with E-state index in [1.54, 1.807) is 30.3 Å². The van der Waals surface area contributed by atoms with Gasteiger partial charge in [0.15, 0.2) is 0 Å². The number of carbonyl (C=O) groups is 1. The van der Waals surface area contributed by atoms with E-state index in [1.165, 1.54) is 43.5 Å². The molecule has 0 amide bonds. The van der Waals surface area contributed by atoms with E-state index in [-0.39, 0.29) is 21.9 Å². The Morgan fingerprint density at radius 2 is 1.69 bits per heavy atom. The van der Waals surface area contributed by atoms with Crippen molar-refractivity contribution in [2.45, 2.75) is 6.18 Å². The maximum atomic E-state index is 13.7. The van der Waals surface area contributed by atoms with E-state index in [4.69, 9.17) is 30.2 Å². The lowest BCUT2D eigenvalue weighted by Gasteiger charge is -2.14. The van der Waals surface area contributed by atoms with Gasteiger partial charge in [0.1, 0.15) is 22.8 Å². The number of fused-ring (bicyclic) bond motifs is 1. The molecule has 3 aromatic carbocycles. The standard InChI is InChI=1S/C26H16ClF3O6/c1-33-16-9-6-15(7-10-16)8-13-22(31)34-17-11-12-18-21(14-17)36-25(26(28,29)30)24(23(18)32)35-20-5-3-2-4-19(20)27/h2-14H,1H3/b13-8+. The molecule has 0 atom stereocenters. The summed E-state index contributed by atoms with van der Waals surface area (Å²) >= 11 is 5.96. The van der Waals surface area contributed by atoms with Crippen LogP contribution < -0.4 is 19.6 Å². The molecule has 0 saturated heterocycles. The number of halogens is 4. The fourth-order valence-corrected chi connectivity index (χ4v) is 3.34. The highest BCUT2D eigenvalue weighted by molar-refractivity contribution is 6.32. The second-order valence-electron chi connectivity index (χ2n) is 7.31. The third-order valence-electron chi connectivity index (χ3n) is 4.87. The van der Waals surface area contributed by atoms with Crippen molar-refractivity contribution in [3.8, 4) is 23.0 Å². The van der Waals surface area contributed by atoms with E-state index in [9.17, 15) is 22.8 Å². The molecular formula is C26H16ClF3O6. The molecule has 184 valence electrons. The Bertz CT molecular complexity index is 1510. The SMILES string of the molecule is COc1ccc(/C=C/C(=O)Oc2ccc3c(=O)c(Oc4ccccc4Cl)c(C(F)(F)F)oc3c2)cc1. The molecule has 4 aromatic rings. The Kier molecular flexibility index (Phi) is 7.03. The van der Waals surface area contributed by atoms with Crippen molar-refractivity contribution < 1.29 is 36.6 Å². The van der Waals surface area contributed by atoms with Crippen LogP contribution in [0.5, 0.6) is 23.0 Å². The van der Waals surface area contributed by atoms with Gasteiger partial charge in [0.2, 0.25) is 11.2 Å². The van der Waals surface area contributed by atoms with Crippen LogP contribution in [0.25, 0.3) is 17.0 Å². The van der Waals surface area contributed by atoms with E-state index >= 15 is 0 Å². The zero-order valence-electron chi connectivity index (χ0n) is 18.5. The Hall–Kier alpha value is -4.24. The molecule has 0 radical (unpaired) electrons. The molecule has 0 saturated carbocycles. The van der Waals surface area contributed by atoms with E-state index in [2.05, 4.69) is 0 Å². The molecule has 10 heteroatoms. The van der Waals surface area contributed by atoms with E-state index in [0.29, 0.717) is 11.3 Å². The minimum atomic E-state index is -5.06. The minimum Gasteiger partial charge on any atom is -0.497 e. The van der Waals surface area contributed by atoms with Gasteiger partial charge in [-0.15, -0.1) is 0 Å². The van der Waals surface area contributed by atoms with Crippen LogP contribution in [0.4, 0.5) is 13.2 Å². The number of alkyl halides is 3. The largest absolute Gasteiger partial charge is 0.497 e. The van der Waals surface area contributed by atoms with Gasteiger partial charge in [-0.25, -0.2) is 4.79 Å². The van der Waals surface area contributed by atoms with Crippen LogP contribution in [0.15, 0.2) is 82.0 Å². The van der Waals surface area contributed by atoms with Crippen molar-refractivity contribution >= 4 is 34.6 Å². The smallest absolute Gasteiger partial charge is 0.453 e. The number of benzene rings is 3. The fraction of sp³-hybridized carbons (Fsp3) is 0.0769. The van der Waals surface area contributed by atoms with Gasteiger partial charge < -0.3 is 18.6 Å². The van der Waals surface area contributed by atoms with Crippen LogP contribution in [0.3, 0.4) is 0 Å². The molecule has 0 aliphatic rings. The minimum absolute atomic E-state index is 0.00933. The first kappa shape index (κ1) is 24.9. The summed E-state index contributed by atoms with van der Waals surface area (Å²) in [6.45, 7) is 0. The summed E-state index contributed by atoms with van der Waals surface area (Å²) in [5, 5.41) is -0.200. The van der Waals surface area contributed by atoms with Gasteiger partial charge in [0.05, 0.1) is 17.5 Å². The molecule has 6 nitrogen and oxygen atoms in total. The van der Waals surface area contributed by atoms with Crippen LogP contribution >= 0.6 is 11.6 Å². The Labute approximate surface area is 207 Å². The summed E-state index contributed by atoms with van der Waals surface area (Å²) in [5.41, 5.74) is -0.817. The van der Waals surface area contributed by atoms with Gasteiger partial charge in [-0.05, 0) is 48.0 Å². The topological polar surface area (TPSA) is 75.0 Å². The molecule has 0 N–H and O–H groups in total. The number of hydrogen-bond acceptors (Lipinski definition) is 6. The highest BCUT2D eigenvalue weighted by atomic mass is 35.5. The quantitative estimate of drug-likeness (QED) is 0.158. The van der Waals surface area contributed by atoms with Crippen molar-refractivity contribution in [3.63, 3.8) is 0 Å². The van der Waals surface area contributed by atoms with Gasteiger partial charge in [-0.1, -0.05) is 35.9 Å². The third-order valence-corrected chi connectivity index (χ3v) is 5.19.